The number of para-hydroxylation sites is 2. The van der Waals surface area contributed by atoms with Gasteiger partial charge in [0.05, 0.1) is 11.0 Å². The third kappa shape index (κ3) is 2.29. The lowest BCUT2D eigenvalue weighted by Crippen LogP contribution is -2.34. The molecule has 1 aromatic heterocycles. The maximum atomic E-state index is 12.4. The number of aliphatic hydroxyl groups is 1. The average Bonchev–Trinajstić information content (AvgIpc) is 2.71. The fourth-order valence-corrected chi connectivity index (χ4v) is 2.79. The van der Waals surface area contributed by atoms with Gasteiger partial charge in [0.1, 0.15) is 6.73 Å². The molecule has 2 N–H and O–H groups in total. The molecule has 0 spiro atoms. The number of nitrogens with one attached hydrogen (secondary N) is 1. The Morgan fingerprint density at radius 3 is 2.47 bits per heavy atom. The molecule has 6 heteroatoms. The van der Waals surface area contributed by atoms with E-state index in [0.717, 1.165) is 37.0 Å². The summed E-state index contributed by atoms with van der Waals surface area (Å²) in [5.74, 6) is 0. The fourth-order valence-electron chi connectivity index (χ4n) is 2.79. The summed E-state index contributed by atoms with van der Waals surface area (Å²) in [6.07, 6.45) is 1.92. The highest BCUT2D eigenvalue weighted by Gasteiger charge is 2.21. The maximum Gasteiger partial charge on any atom is 0.331 e. The number of fused-ring (bicyclic) bond motifs is 1. The molecule has 104 valence electrons. The molecule has 0 atom stereocenters. The monoisotopic (exact) mass is 283 g/mol. The molecule has 1 saturated heterocycles. The molecule has 0 bridgehead atoms. The maximum absolute atomic E-state index is 12.4. The van der Waals surface area contributed by atoms with Crippen LogP contribution in [0.15, 0.2) is 29.1 Å². The van der Waals surface area contributed by atoms with Crippen LogP contribution >= 0.6 is 12.4 Å². The Labute approximate surface area is 117 Å². The predicted octanol–water partition coefficient (Wildman–Crippen LogP) is 1.10. The molecule has 1 aromatic carbocycles. The number of imidazole rings is 1. The molecule has 2 heterocycles. The molecule has 1 fully saturated rings. The van der Waals surface area contributed by atoms with E-state index in [1.807, 2.05) is 28.8 Å². The number of hydrogen-bond acceptors (Lipinski definition) is 3. The van der Waals surface area contributed by atoms with Crippen LogP contribution in [0.4, 0.5) is 0 Å². The van der Waals surface area contributed by atoms with Crippen LogP contribution in [0.3, 0.4) is 0 Å². The molecule has 5 nitrogen and oxygen atoms in total. The lowest BCUT2D eigenvalue weighted by atomic mass is 10.1. The molecule has 19 heavy (non-hydrogen) atoms. The van der Waals surface area contributed by atoms with E-state index in [1.54, 1.807) is 0 Å². The number of rotatable bonds is 2. The Balaban J connectivity index is 0.00000133. The van der Waals surface area contributed by atoms with Gasteiger partial charge < -0.3 is 10.4 Å². The van der Waals surface area contributed by atoms with Gasteiger partial charge in [0.15, 0.2) is 0 Å². The van der Waals surface area contributed by atoms with Crippen LogP contribution in [0.25, 0.3) is 11.0 Å². The van der Waals surface area contributed by atoms with E-state index in [1.165, 1.54) is 4.57 Å². The number of hydrogen-bond donors (Lipinski definition) is 2. The van der Waals surface area contributed by atoms with E-state index in [0.29, 0.717) is 0 Å². The van der Waals surface area contributed by atoms with E-state index >= 15 is 0 Å². The SMILES string of the molecule is Cl.O=c1n(CO)c2ccccc2n1C1CCNCC1. The van der Waals surface area contributed by atoms with Gasteiger partial charge in [-0.3, -0.25) is 9.13 Å². The van der Waals surface area contributed by atoms with Crippen molar-refractivity contribution in [3.63, 3.8) is 0 Å². The largest absolute Gasteiger partial charge is 0.376 e. The van der Waals surface area contributed by atoms with Crippen LogP contribution in [0, 0.1) is 0 Å². The Morgan fingerprint density at radius 1 is 1.21 bits per heavy atom. The number of halogens is 1. The van der Waals surface area contributed by atoms with Crippen molar-refractivity contribution >= 4 is 23.4 Å². The molecule has 2 aromatic rings. The van der Waals surface area contributed by atoms with Gasteiger partial charge in [0, 0.05) is 6.04 Å². The Hall–Kier alpha value is -1.30. The van der Waals surface area contributed by atoms with Gasteiger partial charge in [0.2, 0.25) is 0 Å². The van der Waals surface area contributed by atoms with Crippen molar-refractivity contribution in [2.75, 3.05) is 13.1 Å². The minimum absolute atomic E-state index is 0. The molecule has 1 aliphatic heterocycles. The second kappa shape index (κ2) is 5.77. The van der Waals surface area contributed by atoms with E-state index in [-0.39, 0.29) is 30.9 Å². The highest BCUT2D eigenvalue weighted by Crippen LogP contribution is 2.22. The van der Waals surface area contributed by atoms with Gasteiger partial charge in [-0.1, -0.05) is 12.1 Å². The minimum Gasteiger partial charge on any atom is -0.376 e. The number of aliphatic hydroxyl groups excluding tert-OH is 1. The van der Waals surface area contributed by atoms with Crippen molar-refractivity contribution in [3.8, 4) is 0 Å². The van der Waals surface area contributed by atoms with Gasteiger partial charge in [-0.05, 0) is 38.1 Å². The summed E-state index contributed by atoms with van der Waals surface area (Å²) < 4.78 is 3.27. The Kier molecular flexibility index (Phi) is 4.29. The highest BCUT2D eigenvalue weighted by atomic mass is 35.5. The lowest BCUT2D eigenvalue weighted by molar-refractivity contribution is 0.208. The first kappa shape index (κ1) is 14.1. The second-order valence-electron chi connectivity index (χ2n) is 4.69. The summed E-state index contributed by atoms with van der Waals surface area (Å²) in [4.78, 5) is 12.4. The third-order valence-electron chi connectivity index (χ3n) is 3.68. The smallest absolute Gasteiger partial charge is 0.331 e. The average molecular weight is 284 g/mol. The van der Waals surface area contributed by atoms with Crippen molar-refractivity contribution in [2.24, 2.45) is 0 Å². The van der Waals surface area contributed by atoms with Crippen molar-refractivity contribution < 1.29 is 5.11 Å². The van der Waals surface area contributed by atoms with E-state index in [4.69, 9.17) is 0 Å². The number of nitrogens with zero attached hydrogens (tertiary/aromatic N) is 2. The van der Waals surface area contributed by atoms with Gasteiger partial charge in [-0.15, -0.1) is 12.4 Å². The topological polar surface area (TPSA) is 59.2 Å². The number of aromatic nitrogens is 2. The Morgan fingerprint density at radius 2 is 1.84 bits per heavy atom. The lowest BCUT2D eigenvalue weighted by Gasteiger charge is -2.23. The summed E-state index contributed by atoms with van der Waals surface area (Å²) >= 11 is 0. The van der Waals surface area contributed by atoms with Gasteiger partial charge >= 0.3 is 5.69 Å². The number of piperidine rings is 1. The quantitative estimate of drug-likeness (QED) is 0.868. The summed E-state index contributed by atoms with van der Waals surface area (Å²) in [5.41, 5.74) is 1.62. The predicted molar refractivity (Wildman–Crippen MR) is 76.8 cm³/mol. The normalized spacial score (nSPS) is 16.5. The van der Waals surface area contributed by atoms with Crippen LogP contribution in [0.1, 0.15) is 18.9 Å². The van der Waals surface area contributed by atoms with Crippen molar-refractivity contribution in [1.29, 1.82) is 0 Å². The zero-order valence-electron chi connectivity index (χ0n) is 10.6. The molecule has 0 saturated carbocycles. The van der Waals surface area contributed by atoms with Crippen molar-refractivity contribution in [3.05, 3.63) is 34.7 Å². The molecule has 0 amide bonds. The first-order valence-corrected chi connectivity index (χ1v) is 6.34. The first-order chi connectivity index (χ1) is 8.83. The summed E-state index contributed by atoms with van der Waals surface area (Å²) in [6, 6.07) is 7.88. The molecular weight excluding hydrogens is 266 g/mol. The van der Waals surface area contributed by atoms with Crippen LogP contribution in [0.5, 0.6) is 0 Å². The first-order valence-electron chi connectivity index (χ1n) is 6.34. The zero-order valence-corrected chi connectivity index (χ0v) is 11.4. The highest BCUT2D eigenvalue weighted by molar-refractivity contribution is 5.85. The van der Waals surface area contributed by atoms with Gasteiger partial charge in [0.25, 0.3) is 0 Å². The molecule has 1 aliphatic rings. The van der Waals surface area contributed by atoms with Crippen molar-refractivity contribution in [1.82, 2.24) is 14.5 Å². The summed E-state index contributed by atoms with van der Waals surface area (Å²) in [6.45, 7) is 1.61. The second-order valence-corrected chi connectivity index (χ2v) is 4.69. The molecular formula is C13H18ClN3O2. The van der Waals surface area contributed by atoms with E-state index in [2.05, 4.69) is 5.32 Å². The third-order valence-corrected chi connectivity index (χ3v) is 3.68. The van der Waals surface area contributed by atoms with E-state index in [9.17, 15) is 9.90 Å². The van der Waals surface area contributed by atoms with Crippen molar-refractivity contribution in [2.45, 2.75) is 25.6 Å². The zero-order chi connectivity index (χ0) is 12.5. The molecule has 0 radical (unpaired) electrons. The minimum atomic E-state index is -0.267. The van der Waals surface area contributed by atoms with Gasteiger partial charge in [-0.25, -0.2) is 4.79 Å². The molecule has 0 unspecified atom stereocenters. The van der Waals surface area contributed by atoms with Gasteiger partial charge in [-0.2, -0.15) is 0 Å². The standard InChI is InChI=1S/C13H17N3O2.ClH/c17-9-15-11-3-1-2-4-12(11)16(13(15)18)10-5-7-14-8-6-10;/h1-4,10,14,17H,5-9H2;1H. The van der Waals surface area contributed by atoms with Crippen LogP contribution in [0.2, 0.25) is 0 Å². The molecule has 0 aliphatic carbocycles. The summed E-state index contributed by atoms with van der Waals surface area (Å²) in [5, 5.41) is 12.7. The summed E-state index contributed by atoms with van der Waals surface area (Å²) in [7, 11) is 0. The van der Waals surface area contributed by atoms with Crippen LogP contribution in [-0.2, 0) is 6.73 Å². The fraction of sp³-hybridized carbons (Fsp3) is 0.462. The Bertz CT molecular complexity index is 614. The van der Waals surface area contributed by atoms with Crippen LogP contribution in [-0.4, -0.2) is 27.3 Å². The van der Waals surface area contributed by atoms with E-state index < -0.39 is 0 Å². The molecule has 3 rings (SSSR count). The van der Waals surface area contributed by atoms with Crippen LogP contribution < -0.4 is 11.0 Å². The number of benzene rings is 1.